The number of nitrogens with zero attached hydrogens (tertiary/aromatic N) is 3. The lowest BCUT2D eigenvalue weighted by Crippen LogP contribution is -2.49. The van der Waals surface area contributed by atoms with Gasteiger partial charge in [0, 0.05) is 49.2 Å². The van der Waals surface area contributed by atoms with Crippen molar-refractivity contribution >= 4 is 32.4 Å². The molecule has 208 valence electrons. The molecule has 1 aliphatic heterocycles. The number of halogens is 1. The summed E-state index contributed by atoms with van der Waals surface area (Å²) in [5.41, 5.74) is 0.0374. The highest BCUT2D eigenvalue weighted by Crippen LogP contribution is 2.30. The van der Waals surface area contributed by atoms with Crippen LogP contribution in [0.5, 0.6) is 0 Å². The Morgan fingerprint density at radius 2 is 1.64 bits per heavy atom. The monoisotopic (exact) mass is 554 g/mol. The normalized spacial score (nSPS) is 22.6. The van der Waals surface area contributed by atoms with E-state index >= 15 is 0 Å². The van der Waals surface area contributed by atoms with Gasteiger partial charge in [-0.05, 0) is 36.5 Å². The largest absolute Gasteiger partial charge is 0.367 e. The van der Waals surface area contributed by atoms with Crippen LogP contribution in [0, 0.1) is 17.7 Å². The molecule has 2 heterocycles. The van der Waals surface area contributed by atoms with Crippen LogP contribution >= 0.6 is 0 Å². The Balaban J connectivity index is 1.41. The van der Waals surface area contributed by atoms with E-state index in [-0.39, 0.29) is 47.7 Å². The Morgan fingerprint density at radius 1 is 0.974 bits per heavy atom. The van der Waals surface area contributed by atoms with E-state index in [1.807, 2.05) is 4.90 Å². The first-order chi connectivity index (χ1) is 18.7. The molecule has 1 amide bonds. The van der Waals surface area contributed by atoms with Crippen molar-refractivity contribution in [3.63, 3.8) is 0 Å². The lowest BCUT2D eigenvalue weighted by molar-refractivity contribution is -0.123. The molecule has 5 rings (SSSR count). The third kappa shape index (κ3) is 5.45. The number of carbonyl (C=O) groups is 1. The van der Waals surface area contributed by atoms with Crippen molar-refractivity contribution in [1.29, 1.82) is 0 Å². The first-order valence-electron chi connectivity index (χ1n) is 13.6. The summed E-state index contributed by atoms with van der Waals surface area (Å²) in [4.78, 5) is 28.1. The summed E-state index contributed by atoms with van der Waals surface area (Å²) in [7, 11) is -4.00. The van der Waals surface area contributed by atoms with E-state index in [0.717, 1.165) is 19.3 Å². The smallest absolute Gasteiger partial charge is 0.258 e. The van der Waals surface area contributed by atoms with Gasteiger partial charge in [-0.2, -0.15) is 4.31 Å². The number of benzene rings is 2. The minimum Gasteiger partial charge on any atom is -0.367 e. The predicted molar refractivity (Wildman–Crippen MR) is 150 cm³/mol. The van der Waals surface area contributed by atoms with E-state index in [1.165, 1.54) is 21.1 Å². The predicted octanol–water partition coefficient (Wildman–Crippen LogP) is 3.59. The molecule has 2 aromatic carbocycles. The molecule has 10 heteroatoms. The molecule has 3 atom stereocenters. The van der Waals surface area contributed by atoms with Crippen molar-refractivity contribution in [2.75, 3.05) is 31.1 Å². The van der Waals surface area contributed by atoms with Gasteiger partial charge in [0.05, 0.1) is 5.69 Å². The van der Waals surface area contributed by atoms with Gasteiger partial charge in [0.15, 0.2) is 0 Å². The van der Waals surface area contributed by atoms with Crippen LogP contribution < -0.4 is 15.8 Å². The van der Waals surface area contributed by atoms with Gasteiger partial charge in [-0.3, -0.25) is 9.59 Å². The summed E-state index contributed by atoms with van der Waals surface area (Å²) in [6.45, 7) is 5.06. The number of aromatic nitrogens is 1. The van der Waals surface area contributed by atoms with Crippen molar-refractivity contribution in [1.82, 2.24) is 14.2 Å². The van der Waals surface area contributed by atoms with Gasteiger partial charge in [-0.25, -0.2) is 12.8 Å². The van der Waals surface area contributed by atoms with E-state index < -0.39 is 15.6 Å². The van der Waals surface area contributed by atoms with Crippen LogP contribution in [0.3, 0.4) is 0 Å². The van der Waals surface area contributed by atoms with E-state index in [1.54, 1.807) is 42.5 Å². The highest BCUT2D eigenvalue weighted by atomic mass is 32.2. The summed E-state index contributed by atoms with van der Waals surface area (Å²) in [5, 5.41) is 3.65. The number of fused-ring (bicyclic) bond motifs is 1. The number of sulfonamides is 1. The van der Waals surface area contributed by atoms with Crippen LogP contribution in [0.4, 0.5) is 10.1 Å². The highest BCUT2D eigenvalue weighted by Gasteiger charge is 2.32. The molecule has 0 spiro atoms. The van der Waals surface area contributed by atoms with Crippen LogP contribution in [0.2, 0.25) is 0 Å². The standard InChI is InChI=1S/C29H35FN4O4S/c1-20-8-7-12-25(21(20)2)31-28(35)19-33-18-27(22-9-3-4-10-23(22)29(33)36)39(37,38)34-16-14-32(15-17-34)26-13-6-5-11-24(26)30/h3-6,9-11,13,18,20-21,25H,7-8,12,14-17,19H2,1-2H3,(H,31,35). The van der Waals surface area contributed by atoms with Gasteiger partial charge in [0.25, 0.3) is 5.56 Å². The number of para-hydroxylation sites is 1. The fourth-order valence-corrected chi connectivity index (χ4v) is 7.48. The molecule has 1 saturated carbocycles. The zero-order valence-corrected chi connectivity index (χ0v) is 23.2. The van der Waals surface area contributed by atoms with Crippen molar-refractivity contribution in [2.24, 2.45) is 11.8 Å². The molecule has 39 heavy (non-hydrogen) atoms. The zero-order chi connectivity index (χ0) is 27.7. The maximum absolute atomic E-state index is 14.3. The third-order valence-electron chi connectivity index (χ3n) is 8.37. The number of piperazine rings is 1. The van der Waals surface area contributed by atoms with Gasteiger partial charge in [0.2, 0.25) is 15.9 Å². The maximum atomic E-state index is 14.3. The number of anilines is 1. The number of pyridine rings is 1. The molecule has 1 aromatic heterocycles. The molecule has 0 bridgehead atoms. The number of amides is 1. The van der Waals surface area contributed by atoms with Gasteiger partial charge in [0.1, 0.15) is 17.3 Å². The molecule has 1 saturated heterocycles. The van der Waals surface area contributed by atoms with Crippen LogP contribution in [-0.4, -0.2) is 55.4 Å². The number of hydrogen-bond acceptors (Lipinski definition) is 5. The molecule has 2 fully saturated rings. The van der Waals surface area contributed by atoms with Crippen molar-refractivity contribution in [3.05, 3.63) is 70.9 Å². The molecule has 2 aliphatic rings. The second-order valence-electron chi connectivity index (χ2n) is 10.8. The Kier molecular flexibility index (Phi) is 7.77. The second kappa shape index (κ2) is 11.1. The highest BCUT2D eigenvalue weighted by molar-refractivity contribution is 7.89. The number of rotatable bonds is 6. The van der Waals surface area contributed by atoms with Crippen LogP contribution in [-0.2, 0) is 21.4 Å². The van der Waals surface area contributed by atoms with E-state index in [2.05, 4.69) is 19.2 Å². The molecule has 8 nitrogen and oxygen atoms in total. The average Bonchev–Trinajstić information content (AvgIpc) is 2.93. The lowest BCUT2D eigenvalue weighted by atomic mass is 9.78. The van der Waals surface area contributed by atoms with E-state index in [4.69, 9.17) is 0 Å². The zero-order valence-electron chi connectivity index (χ0n) is 22.3. The first kappa shape index (κ1) is 27.3. The summed E-state index contributed by atoms with van der Waals surface area (Å²) in [6, 6.07) is 13.1. The minimum absolute atomic E-state index is 0.00972. The summed E-state index contributed by atoms with van der Waals surface area (Å²) >= 11 is 0. The molecule has 3 unspecified atom stereocenters. The summed E-state index contributed by atoms with van der Waals surface area (Å²) < 4.78 is 44.6. The average molecular weight is 555 g/mol. The van der Waals surface area contributed by atoms with Gasteiger partial charge in [-0.15, -0.1) is 0 Å². The first-order valence-corrected chi connectivity index (χ1v) is 15.0. The van der Waals surface area contributed by atoms with Crippen LogP contribution in [0.1, 0.15) is 33.1 Å². The fraction of sp³-hybridized carbons (Fsp3) is 0.448. The summed E-state index contributed by atoms with van der Waals surface area (Å²) in [5.74, 6) is 0.181. The minimum atomic E-state index is -4.00. The van der Waals surface area contributed by atoms with Gasteiger partial charge >= 0.3 is 0 Å². The number of nitrogens with one attached hydrogen (secondary N) is 1. The molecule has 1 aliphatic carbocycles. The molecule has 1 N–H and O–H groups in total. The Labute approximate surface area is 228 Å². The molecule has 0 radical (unpaired) electrons. The number of hydrogen-bond donors (Lipinski definition) is 1. The summed E-state index contributed by atoms with van der Waals surface area (Å²) in [6.07, 6.45) is 4.37. The third-order valence-corrected chi connectivity index (χ3v) is 10.3. The maximum Gasteiger partial charge on any atom is 0.258 e. The van der Waals surface area contributed by atoms with Crippen molar-refractivity contribution < 1.29 is 17.6 Å². The Bertz CT molecular complexity index is 1530. The molecule has 3 aromatic rings. The Morgan fingerprint density at radius 3 is 2.36 bits per heavy atom. The second-order valence-corrected chi connectivity index (χ2v) is 12.7. The lowest BCUT2D eigenvalue weighted by Gasteiger charge is -2.35. The van der Waals surface area contributed by atoms with E-state index in [0.29, 0.717) is 36.0 Å². The van der Waals surface area contributed by atoms with Crippen LogP contribution in [0.25, 0.3) is 10.8 Å². The SMILES string of the molecule is CC1CCCC(NC(=O)Cn2cc(S(=O)(=O)N3CCN(c4ccccc4F)CC3)c3ccccc3c2=O)C1C. The van der Waals surface area contributed by atoms with Crippen molar-refractivity contribution in [3.8, 4) is 0 Å². The topological polar surface area (TPSA) is 91.7 Å². The van der Waals surface area contributed by atoms with E-state index in [9.17, 15) is 22.4 Å². The fourth-order valence-electron chi connectivity index (χ4n) is 5.84. The van der Waals surface area contributed by atoms with Crippen LogP contribution in [0.15, 0.2) is 64.4 Å². The number of carbonyl (C=O) groups excluding carboxylic acids is 1. The van der Waals surface area contributed by atoms with Gasteiger partial charge in [-0.1, -0.05) is 57.0 Å². The molecular weight excluding hydrogens is 519 g/mol. The van der Waals surface area contributed by atoms with Gasteiger partial charge < -0.3 is 14.8 Å². The quantitative estimate of drug-likeness (QED) is 0.503. The van der Waals surface area contributed by atoms with Crippen molar-refractivity contribution in [2.45, 2.75) is 50.6 Å². The molecular formula is C29H35FN4O4S. The Hall–Kier alpha value is -3.24.